The zero-order chi connectivity index (χ0) is 25.5. The Balaban J connectivity index is 1.66. The molecule has 1 aliphatic carbocycles. The van der Waals surface area contributed by atoms with Gasteiger partial charge in [0.1, 0.15) is 11.9 Å². The Labute approximate surface area is 211 Å². The molecule has 2 aromatic rings. The average molecular weight is 502 g/mol. The van der Waals surface area contributed by atoms with Gasteiger partial charge < -0.3 is 19.5 Å². The van der Waals surface area contributed by atoms with Crippen molar-refractivity contribution >= 4 is 35.1 Å². The molecule has 0 bridgehead atoms. The van der Waals surface area contributed by atoms with Crippen molar-refractivity contribution in [2.45, 2.75) is 46.1 Å². The number of hydrogen-bond donors (Lipinski definition) is 1. The lowest BCUT2D eigenvalue weighted by molar-refractivity contribution is -0.119. The van der Waals surface area contributed by atoms with E-state index in [0.29, 0.717) is 28.3 Å². The van der Waals surface area contributed by atoms with Gasteiger partial charge in [-0.1, -0.05) is 50.9 Å². The number of hydrogen-bond acceptors (Lipinski definition) is 6. The summed E-state index contributed by atoms with van der Waals surface area (Å²) >= 11 is 5.98. The van der Waals surface area contributed by atoms with Crippen LogP contribution in [0.5, 0.6) is 5.75 Å². The third-order valence-electron chi connectivity index (χ3n) is 6.36. The van der Waals surface area contributed by atoms with Gasteiger partial charge in [-0.2, -0.15) is 0 Å². The molecule has 0 radical (unpaired) electrons. The second-order valence-corrected chi connectivity index (χ2v) is 9.72. The summed E-state index contributed by atoms with van der Waals surface area (Å²) in [5.41, 5.74) is 0.525. The molecule has 1 fully saturated rings. The highest BCUT2D eigenvalue weighted by Crippen LogP contribution is 2.36. The Bertz CT molecular complexity index is 1070. The van der Waals surface area contributed by atoms with Crippen molar-refractivity contribution in [3.05, 3.63) is 58.6 Å². The summed E-state index contributed by atoms with van der Waals surface area (Å²) in [5.74, 6) is -0.370. The number of esters is 2. The minimum absolute atomic E-state index is 0.0515. The Kier molecular flexibility index (Phi) is 9.15. The molecule has 0 unspecified atom stereocenters. The van der Waals surface area contributed by atoms with E-state index >= 15 is 0 Å². The molecule has 0 heterocycles. The zero-order valence-electron chi connectivity index (χ0n) is 20.5. The van der Waals surface area contributed by atoms with Crippen molar-refractivity contribution < 1.29 is 28.6 Å². The minimum Gasteiger partial charge on any atom is -0.495 e. The molecule has 3 atom stereocenters. The third-order valence-corrected chi connectivity index (χ3v) is 6.59. The Morgan fingerprint density at radius 3 is 2.40 bits per heavy atom. The first-order valence-corrected chi connectivity index (χ1v) is 12.2. The van der Waals surface area contributed by atoms with Crippen molar-refractivity contribution in [3.8, 4) is 5.75 Å². The number of anilines is 1. The van der Waals surface area contributed by atoms with E-state index < -0.39 is 24.5 Å². The molecule has 0 aliphatic heterocycles. The van der Waals surface area contributed by atoms with E-state index in [4.69, 9.17) is 25.8 Å². The number of benzene rings is 2. The van der Waals surface area contributed by atoms with E-state index in [9.17, 15) is 14.4 Å². The quantitative estimate of drug-likeness (QED) is 0.462. The molecule has 8 heteroatoms. The molecule has 0 spiro atoms. The highest BCUT2D eigenvalue weighted by Gasteiger charge is 2.34. The van der Waals surface area contributed by atoms with Gasteiger partial charge in [-0.25, -0.2) is 9.59 Å². The van der Waals surface area contributed by atoms with E-state index in [2.05, 4.69) is 26.1 Å². The first-order valence-electron chi connectivity index (χ1n) is 11.8. The van der Waals surface area contributed by atoms with Gasteiger partial charge in [-0.05, 0) is 60.9 Å². The fraction of sp³-hybridized carbons (Fsp3) is 0.444. The van der Waals surface area contributed by atoms with Gasteiger partial charge in [0, 0.05) is 5.02 Å². The van der Waals surface area contributed by atoms with Gasteiger partial charge in [-0.15, -0.1) is 0 Å². The predicted octanol–water partition coefficient (Wildman–Crippen LogP) is 5.76. The fourth-order valence-corrected chi connectivity index (χ4v) is 4.64. The van der Waals surface area contributed by atoms with Gasteiger partial charge >= 0.3 is 11.9 Å². The molecular formula is C27H32ClNO6. The van der Waals surface area contributed by atoms with Crippen molar-refractivity contribution in [2.75, 3.05) is 19.0 Å². The lowest BCUT2D eigenvalue weighted by atomic mass is 9.75. The maximum Gasteiger partial charge on any atom is 0.339 e. The van der Waals surface area contributed by atoms with Crippen LogP contribution < -0.4 is 10.1 Å². The minimum atomic E-state index is -0.789. The van der Waals surface area contributed by atoms with Crippen LogP contribution in [0.15, 0.2) is 42.5 Å². The molecule has 1 N–H and O–H groups in total. The number of carbonyl (C=O) groups excluding carboxylic acids is 3. The van der Waals surface area contributed by atoms with Crippen LogP contribution >= 0.6 is 11.6 Å². The average Bonchev–Trinajstić information content (AvgIpc) is 2.82. The van der Waals surface area contributed by atoms with E-state index in [1.165, 1.54) is 25.3 Å². The number of nitrogens with one attached hydrogen (secondary N) is 1. The van der Waals surface area contributed by atoms with Gasteiger partial charge in [0.25, 0.3) is 5.91 Å². The first-order chi connectivity index (χ1) is 16.7. The molecule has 1 aliphatic rings. The summed E-state index contributed by atoms with van der Waals surface area (Å²) < 4.78 is 16.3. The Hall–Kier alpha value is -3.06. The highest BCUT2D eigenvalue weighted by atomic mass is 35.5. The topological polar surface area (TPSA) is 90.9 Å². The molecule has 1 saturated carbocycles. The van der Waals surface area contributed by atoms with E-state index in [1.807, 2.05) is 0 Å². The molecule has 3 rings (SSSR count). The third kappa shape index (κ3) is 6.98. The molecule has 188 valence electrons. The maximum atomic E-state index is 13.1. The van der Waals surface area contributed by atoms with Crippen LogP contribution in [0.4, 0.5) is 5.69 Å². The molecule has 2 aromatic carbocycles. The van der Waals surface area contributed by atoms with Crippen LogP contribution in [0, 0.1) is 17.8 Å². The lowest BCUT2D eigenvalue weighted by Crippen LogP contribution is -2.36. The van der Waals surface area contributed by atoms with Crippen LogP contribution in [-0.4, -0.2) is 37.7 Å². The standard InChI is InChI=1S/C27H32ClNO6/c1-16(2)19-11-9-17(3)13-24(19)35-27(32)21-8-6-5-7-20(21)26(31)34-15-25(30)29-22-14-18(28)10-12-23(22)33-4/h5-8,10,12,14,16-17,19,24H,9,11,13,15H2,1-4H3,(H,29,30)/t17-,19-,24-/m1/s1. The summed E-state index contributed by atoms with van der Waals surface area (Å²) in [7, 11) is 1.46. The molecule has 7 nitrogen and oxygen atoms in total. The molecule has 0 aromatic heterocycles. The molecule has 1 amide bonds. The number of rotatable bonds is 8. The zero-order valence-corrected chi connectivity index (χ0v) is 21.3. The van der Waals surface area contributed by atoms with Crippen LogP contribution in [-0.2, 0) is 14.3 Å². The van der Waals surface area contributed by atoms with E-state index in [0.717, 1.165) is 19.3 Å². The Morgan fingerprint density at radius 2 is 1.74 bits per heavy atom. The van der Waals surface area contributed by atoms with Crippen molar-refractivity contribution in [1.82, 2.24) is 0 Å². The van der Waals surface area contributed by atoms with E-state index in [1.54, 1.807) is 24.3 Å². The summed E-state index contributed by atoms with van der Waals surface area (Å²) in [6.45, 7) is 5.88. The number of carbonyl (C=O) groups is 3. The van der Waals surface area contributed by atoms with Gasteiger partial charge in [0.15, 0.2) is 6.61 Å². The largest absolute Gasteiger partial charge is 0.495 e. The van der Waals surface area contributed by atoms with Gasteiger partial charge in [-0.3, -0.25) is 4.79 Å². The van der Waals surface area contributed by atoms with Crippen LogP contribution in [0.25, 0.3) is 0 Å². The summed E-state index contributed by atoms with van der Waals surface area (Å²) in [5, 5.41) is 3.02. The van der Waals surface area contributed by atoms with Crippen LogP contribution in [0.3, 0.4) is 0 Å². The molecular weight excluding hydrogens is 470 g/mol. The first kappa shape index (κ1) is 26.5. The van der Waals surface area contributed by atoms with Crippen LogP contribution in [0.1, 0.15) is 60.7 Å². The fourth-order valence-electron chi connectivity index (χ4n) is 4.46. The van der Waals surface area contributed by atoms with Gasteiger partial charge in [0.2, 0.25) is 0 Å². The summed E-state index contributed by atoms with van der Waals surface area (Å²) in [6, 6.07) is 11.1. The second kappa shape index (κ2) is 12.1. The predicted molar refractivity (Wildman–Crippen MR) is 134 cm³/mol. The van der Waals surface area contributed by atoms with Gasteiger partial charge in [0.05, 0.1) is 23.9 Å². The second-order valence-electron chi connectivity index (χ2n) is 9.28. The number of methoxy groups -OCH3 is 1. The maximum absolute atomic E-state index is 13.1. The van der Waals surface area contributed by atoms with Crippen LogP contribution in [0.2, 0.25) is 5.02 Å². The smallest absolute Gasteiger partial charge is 0.339 e. The normalized spacial score (nSPS) is 19.7. The number of ether oxygens (including phenoxy) is 3. The molecule has 35 heavy (non-hydrogen) atoms. The SMILES string of the molecule is COc1ccc(Cl)cc1NC(=O)COC(=O)c1ccccc1C(=O)O[C@@H]1C[C@H](C)CC[C@@H]1C(C)C. The molecule has 0 saturated heterocycles. The summed E-state index contributed by atoms with van der Waals surface area (Å²) in [4.78, 5) is 38.2. The number of amides is 1. The lowest BCUT2D eigenvalue weighted by Gasteiger charge is -2.36. The van der Waals surface area contributed by atoms with E-state index in [-0.39, 0.29) is 23.1 Å². The monoisotopic (exact) mass is 501 g/mol. The van der Waals surface area contributed by atoms with Crippen molar-refractivity contribution in [1.29, 1.82) is 0 Å². The van der Waals surface area contributed by atoms with Crippen molar-refractivity contribution in [2.24, 2.45) is 17.8 Å². The Morgan fingerprint density at radius 1 is 1.06 bits per heavy atom. The van der Waals surface area contributed by atoms with Crippen molar-refractivity contribution in [3.63, 3.8) is 0 Å². The highest BCUT2D eigenvalue weighted by molar-refractivity contribution is 6.31. The number of halogens is 1. The summed E-state index contributed by atoms with van der Waals surface area (Å²) in [6.07, 6.45) is 2.72.